The second-order valence-electron chi connectivity index (χ2n) is 10.4. The maximum absolute atomic E-state index is 12.5. The Morgan fingerprint density at radius 3 is 2.28 bits per heavy atom. The monoisotopic (exact) mass is 507 g/mol. The van der Waals surface area contributed by atoms with Gasteiger partial charge in [-0.2, -0.15) is 0 Å². The van der Waals surface area contributed by atoms with Crippen LogP contribution in [0.4, 0.5) is 0 Å². The van der Waals surface area contributed by atoms with Gasteiger partial charge in [0.25, 0.3) is 5.91 Å². The molecular weight excluding hydrogens is 470 g/mol. The first-order valence-corrected chi connectivity index (χ1v) is 13.1. The Bertz CT molecular complexity index is 1190. The van der Waals surface area contributed by atoms with Crippen molar-refractivity contribution in [2.45, 2.75) is 59.5 Å². The first-order chi connectivity index (χ1) is 17.0. The molecule has 0 saturated carbocycles. The molecule has 0 aliphatic heterocycles. The molecule has 192 valence electrons. The predicted molar refractivity (Wildman–Crippen MR) is 147 cm³/mol. The SMILES string of the molecule is COC(=O)CCNC(=O)c1ccc(C(Oc2ccc(-c3ccc(C(C)(C)C)cc3)c(C)c2)C(C)C)s1. The van der Waals surface area contributed by atoms with E-state index in [1.54, 1.807) is 0 Å². The number of carbonyl (C=O) groups excluding carboxylic acids is 2. The molecule has 1 atom stereocenters. The first kappa shape index (κ1) is 27.5. The lowest BCUT2D eigenvalue weighted by Gasteiger charge is -2.22. The highest BCUT2D eigenvalue weighted by molar-refractivity contribution is 7.14. The van der Waals surface area contributed by atoms with Crippen molar-refractivity contribution in [1.29, 1.82) is 0 Å². The summed E-state index contributed by atoms with van der Waals surface area (Å²) in [6.07, 6.45) is -0.0307. The number of methoxy groups -OCH3 is 1. The summed E-state index contributed by atoms with van der Waals surface area (Å²) in [6, 6.07) is 18.7. The number of ether oxygens (including phenoxy) is 2. The largest absolute Gasteiger partial charge is 0.485 e. The summed E-state index contributed by atoms with van der Waals surface area (Å²) in [5.41, 5.74) is 4.97. The molecule has 6 heteroatoms. The van der Waals surface area contributed by atoms with Crippen molar-refractivity contribution in [2.24, 2.45) is 5.92 Å². The number of esters is 1. The van der Waals surface area contributed by atoms with Crippen LogP contribution in [-0.4, -0.2) is 25.5 Å². The molecule has 1 unspecified atom stereocenters. The van der Waals surface area contributed by atoms with Crippen LogP contribution in [-0.2, 0) is 14.9 Å². The molecule has 3 rings (SSSR count). The summed E-state index contributed by atoms with van der Waals surface area (Å²) >= 11 is 1.42. The zero-order chi connectivity index (χ0) is 26.5. The molecule has 1 aromatic heterocycles. The van der Waals surface area contributed by atoms with Gasteiger partial charge in [0.2, 0.25) is 0 Å². The summed E-state index contributed by atoms with van der Waals surface area (Å²) in [4.78, 5) is 25.3. The van der Waals surface area contributed by atoms with E-state index in [1.807, 2.05) is 18.2 Å². The van der Waals surface area contributed by atoms with Gasteiger partial charge in [-0.05, 0) is 64.8 Å². The number of aryl methyl sites for hydroxylation is 1. The van der Waals surface area contributed by atoms with Gasteiger partial charge in [-0.3, -0.25) is 9.59 Å². The molecule has 0 spiro atoms. The highest BCUT2D eigenvalue weighted by Gasteiger charge is 2.22. The van der Waals surface area contributed by atoms with Crippen molar-refractivity contribution in [3.8, 4) is 16.9 Å². The van der Waals surface area contributed by atoms with Gasteiger partial charge in [0.15, 0.2) is 0 Å². The van der Waals surface area contributed by atoms with Gasteiger partial charge in [-0.15, -0.1) is 11.3 Å². The lowest BCUT2D eigenvalue weighted by atomic mass is 9.86. The molecule has 0 fully saturated rings. The molecule has 36 heavy (non-hydrogen) atoms. The third kappa shape index (κ3) is 6.97. The Morgan fingerprint density at radius 1 is 1.00 bits per heavy atom. The second kappa shape index (κ2) is 11.7. The lowest BCUT2D eigenvalue weighted by Crippen LogP contribution is -2.25. The number of thiophene rings is 1. The Morgan fingerprint density at radius 2 is 1.69 bits per heavy atom. The zero-order valence-electron chi connectivity index (χ0n) is 22.3. The molecule has 0 aliphatic carbocycles. The van der Waals surface area contributed by atoms with Crippen LogP contribution in [0.15, 0.2) is 54.6 Å². The molecule has 3 aromatic rings. The fraction of sp³-hybridized carbons (Fsp3) is 0.400. The molecule has 1 N–H and O–H groups in total. The van der Waals surface area contributed by atoms with E-state index in [0.717, 1.165) is 16.2 Å². The number of amides is 1. The maximum Gasteiger partial charge on any atom is 0.307 e. The van der Waals surface area contributed by atoms with E-state index in [-0.39, 0.29) is 42.3 Å². The van der Waals surface area contributed by atoms with E-state index < -0.39 is 0 Å². The van der Waals surface area contributed by atoms with Gasteiger partial charge in [0.05, 0.1) is 18.4 Å². The summed E-state index contributed by atoms with van der Waals surface area (Å²) < 4.78 is 11.0. The van der Waals surface area contributed by atoms with Crippen LogP contribution >= 0.6 is 11.3 Å². The second-order valence-corrected chi connectivity index (χ2v) is 11.5. The summed E-state index contributed by atoms with van der Waals surface area (Å²) in [6.45, 7) is 13.2. The normalized spacial score (nSPS) is 12.3. The lowest BCUT2D eigenvalue weighted by molar-refractivity contribution is -0.140. The zero-order valence-corrected chi connectivity index (χ0v) is 23.1. The van der Waals surface area contributed by atoms with Gasteiger partial charge in [0, 0.05) is 11.4 Å². The predicted octanol–water partition coefficient (Wildman–Crippen LogP) is 7.09. The summed E-state index contributed by atoms with van der Waals surface area (Å²) in [5.74, 6) is 0.469. The molecule has 2 aromatic carbocycles. The number of rotatable bonds is 9. The van der Waals surface area contributed by atoms with Crippen LogP contribution in [0.25, 0.3) is 11.1 Å². The van der Waals surface area contributed by atoms with Crippen molar-refractivity contribution in [3.05, 3.63) is 75.5 Å². The van der Waals surface area contributed by atoms with Gasteiger partial charge >= 0.3 is 5.97 Å². The standard InChI is InChI=1S/C30H37NO4S/c1-19(2)28(25-14-15-26(36-25)29(33)31-17-16-27(32)34-7)35-23-12-13-24(20(3)18-23)21-8-10-22(11-9-21)30(4,5)6/h8-15,18-19,28H,16-17H2,1-7H3,(H,31,33). The third-order valence-electron chi connectivity index (χ3n) is 6.10. The van der Waals surface area contributed by atoms with Gasteiger partial charge in [-0.1, -0.05) is 65.0 Å². The molecule has 0 aliphatic rings. The van der Waals surface area contributed by atoms with E-state index in [1.165, 1.54) is 35.1 Å². The van der Waals surface area contributed by atoms with Crippen molar-refractivity contribution >= 4 is 23.2 Å². The van der Waals surface area contributed by atoms with Crippen LogP contribution in [0.5, 0.6) is 5.75 Å². The minimum Gasteiger partial charge on any atom is -0.485 e. The molecule has 1 heterocycles. The van der Waals surface area contributed by atoms with Gasteiger partial charge < -0.3 is 14.8 Å². The van der Waals surface area contributed by atoms with Crippen molar-refractivity contribution in [3.63, 3.8) is 0 Å². The number of nitrogens with one attached hydrogen (secondary N) is 1. The topological polar surface area (TPSA) is 64.6 Å². The fourth-order valence-corrected chi connectivity index (χ4v) is 5.07. The number of carbonyl (C=O) groups is 2. The highest BCUT2D eigenvalue weighted by Crippen LogP contribution is 2.35. The number of hydrogen-bond donors (Lipinski definition) is 1. The Hall–Kier alpha value is -3.12. The average molecular weight is 508 g/mol. The summed E-state index contributed by atoms with van der Waals surface area (Å²) in [7, 11) is 1.33. The van der Waals surface area contributed by atoms with E-state index in [0.29, 0.717) is 4.88 Å². The highest BCUT2D eigenvalue weighted by atomic mass is 32.1. The van der Waals surface area contributed by atoms with Crippen molar-refractivity contribution in [2.75, 3.05) is 13.7 Å². The Kier molecular flexibility index (Phi) is 8.96. The van der Waals surface area contributed by atoms with E-state index in [2.05, 4.69) is 88.0 Å². The van der Waals surface area contributed by atoms with Crippen LogP contribution < -0.4 is 10.1 Å². The van der Waals surface area contributed by atoms with E-state index in [9.17, 15) is 9.59 Å². The minimum atomic E-state index is -0.348. The number of benzene rings is 2. The van der Waals surface area contributed by atoms with E-state index in [4.69, 9.17) is 4.74 Å². The molecule has 0 bridgehead atoms. The molecule has 0 radical (unpaired) electrons. The summed E-state index contributed by atoms with van der Waals surface area (Å²) in [5, 5.41) is 2.77. The molecule has 5 nitrogen and oxygen atoms in total. The van der Waals surface area contributed by atoms with Gasteiger partial charge in [-0.25, -0.2) is 0 Å². The maximum atomic E-state index is 12.5. The first-order valence-electron chi connectivity index (χ1n) is 12.3. The third-order valence-corrected chi connectivity index (χ3v) is 7.25. The van der Waals surface area contributed by atoms with Crippen molar-refractivity contribution in [1.82, 2.24) is 5.32 Å². The van der Waals surface area contributed by atoms with Gasteiger partial charge in [0.1, 0.15) is 11.9 Å². The van der Waals surface area contributed by atoms with Crippen LogP contribution in [0.1, 0.15) is 72.8 Å². The number of hydrogen-bond acceptors (Lipinski definition) is 5. The molecule has 0 saturated heterocycles. The van der Waals surface area contributed by atoms with Crippen LogP contribution in [0, 0.1) is 12.8 Å². The Balaban J connectivity index is 1.72. The van der Waals surface area contributed by atoms with Crippen LogP contribution in [0.3, 0.4) is 0 Å². The van der Waals surface area contributed by atoms with Crippen LogP contribution in [0.2, 0.25) is 0 Å². The van der Waals surface area contributed by atoms with E-state index >= 15 is 0 Å². The molecular formula is C30H37NO4S. The Labute approximate surface area is 218 Å². The smallest absolute Gasteiger partial charge is 0.307 e. The minimum absolute atomic E-state index is 0.128. The molecule has 1 amide bonds. The fourth-order valence-electron chi connectivity index (χ4n) is 3.95. The average Bonchev–Trinajstić information content (AvgIpc) is 3.32. The quantitative estimate of drug-likeness (QED) is 0.314. The van der Waals surface area contributed by atoms with Crippen molar-refractivity contribution < 1.29 is 19.1 Å².